The van der Waals surface area contributed by atoms with Crippen molar-refractivity contribution in [1.29, 1.82) is 0 Å². The van der Waals surface area contributed by atoms with E-state index in [1.165, 1.54) is 6.08 Å². The maximum atomic E-state index is 10.3. The number of carboxylic acid groups (broad SMARTS) is 1. The first kappa shape index (κ1) is 10.3. The van der Waals surface area contributed by atoms with Gasteiger partial charge in [0.2, 0.25) is 0 Å². The Morgan fingerprint density at radius 2 is 2.25 bits per heavy atom. The maximum absolute atomic E-state index is 10.3. The fourth-order valence-corrected chi connectivity index (χ4v) is 1.51. The second-order valence-corrected chi connectivity index (χ2v) is 3.33. The number of rotatable bonds is 3. The Morgan fingerprint density at radius 3 is 2.94 bits per heavy atom. The zero-order valence-electron chi connectivity index (χ0n) is 8.69. The summed E-state index contributed by atoms with van der Waals surface area (Å²) >= 11 is 0. The Kier molecular flexibility index (Phi) is 2.64. The number of carboxylic acids is 1. The Morgan fingerprint density at radius 1 is 1.44 bits per heavy atom. The van der Waals surface area contributed by atoms with Crippen LogP contribution in [0.1, 0.15) is 5.69 Å². The Balaban J connectivity index is 2.40. The number of carbonyl (C=O) groups excluding carboxylic acids is 1. The average molecular weight is 216 g/mol. The van der Waals surface area contributed by atoms with E-state index in [9.17, 15) is 9.90 Å². The van der Waals surface area contributed by atoms with Gasteiger partial charge in [-0.3, -0.25) is 0 Å². The van der Waals surface area contributed by atoms with Gasteiger partial charge in [-0.1, -0.05) is 0 Å². The van der Waals surface area contributed by atoms with E-state index in [4.69, 9.17) is 4.74 Å². The molecule has 0 atom stereocenters. The zero-order valence-corrected chi connectivity index (χ0v) is 8.69. The number of aromatic amines is 1. The van der Waals surface area contributed by atoms with E-state index in [0.29, 0.717) is 5.69 Å². The third kappa shape index (κ3) is 2.06. The zero-order chi connectivity index (χ0) is 11.5. The number of hydrogen-bond donors (Lipinski definition) is 1. The number of ether oxygens (including phenoxy) is 1. The quantitative estimate of drug-likeness (QED) is 0.776. The average Bonchev–Trinajstić information content (AvgIpc) is 2.67. The van der Waals surface area contributed by atoms with Crippen molar-refractivity contribution in [2.24, 2.45) is 0 Å². The molecule has 1 N–H and O–H groups in total. The van der Waals surface area contributed by atoms with E-state index in [1.54, 1.807) is 7.11 Å². The molecule has 0 spiro atoms. The Labute approximate surface area is 92.2 Å². The van der Waals surface area contributed by atoms with E-state index >= 15 is 0 Å². The summed E-state index contributed by atoms with van der Waals surface area (Å²) in [5, 5.41) is 11.2. The van der Waals surface area contributed by atoms with Crippen molar-refractivity contribution in [1.82, 2.24) is 4.98 Å². The number of fused-ring (bicyclic) bond motifs is 1. The molecule has 1 aromatic carbocycles. The van der Waals surface area contributed by atoms with Gasteiger partial charge >= 0.3 is 0 Å². The van der Waals surface area contributed by atoms with Gasteiger partial charge in [-0.2, -0.15) is 0 Å². The minimum absolute atomic E-state index is 0.715. The standard InChI is InChI=1S/C12H11NO3/c1-16-10-3-4-11-8(7-10)6-9(13-11)2-5-12(14)15/h2-7,13H,1H3,(H,14,15)/p-1/b5-2+. The molecule has 82 valence electrons. The number of benzene rings is 1. The summed E-state index contributed by atoms with van der Waals surface area (Å²) in [4.78, 5) is 13.3. The van der Waals surface area contributed by atoms with Crippen LogP contribution in [0.4, 0.5) is 0 Å². The van der Waals surface area contributed by atoms with Crippen molar-refractivity contribution in [3.05, 3.63) is 36.0 Å². The summed E-state index contributed by atoms with van der Waals surface area (Å²) in [6.45, 7) is 0. The van der Waals surface area contributed by atoms with Crippen LogP contribution >= 0.6 is 0 Å². The second kappa shape index (κ2) is 4.10. The predicted molar refractivity (Wildman–Crippen MR) is 58.9 cm³/mol. The summed E-state index contributed by atoms with van der Waals surface area (Å²) in [5.74, 6) is -0.446. The van der Waals surface area contributed by atoms with Gasteiger partial charge in [0.1, 0.15) is 5.75 Å². The lowest BCUT2D eigenvalue weighted by molar-refractivity contribution is -0.297. The summed E-state index contributed by atoms with van der Waals surface area (Å²) in [7, 11) is 1.60. The van der Waals surface area contributed by atoms with Crippen LogP contribution in [0.5, 0.6) is 5.75 Å². The van der Waals surface area contributed by atoms with E-state index in [0.717, 1.165) is 22.7 Å². The highest BCUT2D eigenvalue weighted by Gasteiger charge is 1.99. The number of carbonyl (C=O) groups is 1. The molecule has 2 rings (SSSR count). The highest BCUT2D eigenvalue weighted by atomic mass is 16.5. The molecule has 0 saturated carbocycles. The van der Waals surface area contributed by atoms with Crippen LogP contribution in [0.2, 0.25) is 0 Å². The van der Waals surface area contributed by atoms with E-state index in [2.05, 4.69) is 4.98 Å². The molecule has 0 bridgehead atoms. The van der Waals surface area contributed by atoms with Crippen LogP contribution in [-0.4, -0.2) is 18.1 Å². The Hall–Kier alpha value is -2.23. The molecule has 0 radical (unpaired) electrons. The minimum Gasteiger partial charge on any atom is -0.545 e. The van der Waals surface area contributed by atoms with Crippen molar-refractivity contribution in [2.75, 3.05) is 7.11 Å². The van der Waals surface area contributed by atoms with Gasteiger partial charge in [0.25, 0.3) is 0 Å². The number of H-pyrrole nitrogens is 1. The number of nitrogens with one attached hydrogen (secondary N) is 1. The molecule has 0 aliphatic carbocycles. The second-order valence-electron chi connectivity index (χ2n) is 3.33. The van der Waals surface area contributed by atoms with Gasteiger partial charge in [-0.25, -0.2) is 0 Å². The fraction of sp³-hybridized carbons (Fsp3) is 0.0833. The molecule has 2 aromatic rings. The molecule has 0 amide bonds. The molecule has 4 heteroatoms. The lowest BCUT2D eigenvalue weighted by atomic mass is 10.2. The first-order valence-electron chi connectivity index (χ1n) is 4.75. The monoisotopic (exact) mass is 216 g/mol. The lowest BCUT2D eigenvalue weighted by Gasteiger charge is -1.97. The van der Waals surface area contributed by atoms with Crippen molar-refractivity contribution in [3.8, 4) is 5.75 Å². The molecule has 0 unspecified atom stereocenters. The summed E-state index contributed by atoms with van der Waals surface area (Å²) in [5.41, 5.74) is 1.64. The van der Waals surface area contributed by atoms with E-state index < -0.39 is 5.97 Å². The fourth-order valence-electron chi connectivity index (χ4n) is 1.51. The normalized spacial score (nSPS) is 11.1. The van der Waals surface area contributed by atoms with Gasteiger partial charge in [-0.15, -0.1) is 0 Å². The van der Waals surface area contributed by atoms with Crippen molar-refractivity contribution >= 4 is 22.9 Å². The van der Waals surface area contributed by atoms with Crippen LogP contribution in [0.15, 0.2) is 30.3 Å². The van der Waals surface area contributed by atoms with Crippen molar-refractivity contribution in [2.45, 2.75) is 0 Å². The molecule has 1 aromatic heterocycles. The third-order valence-corrected chi connectivity index (χ3v) is 2.25. The Bertz CT molecular complexity index is 554. The topological polar surface area (TPSA) is 65.2 Å². The van der Waals surface area contributed by atoms with Crippen LogP contribution in [0, 0.1) is 0 Å². The number of hydrogen-bond acceptors (Lipinski definition) is 3. The number of aliphatic carboxylic acids is 1. The predicted octanol–water partition coefficient (Wildman–Crippen LogP) is 0.940. The number of methoxy groups -OCH3 is 1. The molecule has 0 aliphatic heterocycles. The van der Waals surface area contributed by atoms with Gasteiger partial charge < -0.3 is 19.6 Å². The van der Waals surface area contributed by atoms with Gasteiger partial charge in [0.05, 0.1) is 13.1 Å². The first-order chi connectivity index (χ1) is 7.69. The van der Waals surface area contributed by atoms with Gasteiger partial charge in [-0.05, 0) is 36.4 Å². The lowest BCUT2D eigenvalue weighted by Crippen LogP contribution is -2.18. The smallest absolute Gasteiger partial charge is 0.119 e. The first-order valence-corrected chi connectivity index (χ1v) is 4.75. The van der Waals surface area contributed by atoms with Crippen molar-refractivity contribution in [3.63, 3.8) is 0 Å². The molecule has 0 fully saturated rings. The SMILES string of the molecule is COc1ccc2[nH]c(/C=C/C(=O)[O-])cc2c1. The van der Waals surface area contributed by atoms with Crippen molar-refractivity contribution < 1.29 is 14.6 Å². The van der Waals surface area contributed by atoms with Gasteiger partial charge in [0, 0.05) is 16.6 Å². The van der Waals surface area contributed by atoms with E-state index in [1.807, 2.05) is 24.3 Å². The molecule has 0 aliphatic rings. The molecule has 1 heterocycles. The molecular weight excluding hydrogens is 206 g/mol. The number of aromatic nitrogens is 1. The van der Waals surface area contributed by atoms with E-state index in [-0.39, 0.29) is 0 Å². The summed E-state index contributed by atoms with van der Waals surface area (Å²) < 4.78 is 5.09. The van der Waals surface area contributed by atoms with Gasteiger partial charge in [0.15, 0.2) is 0 Å². The largest absolute Gasteiger partial charge is 0.545 e. The maximum Gasteiger partial charge on any atom is 0.119 e. The molecule has 16 heavy (non-hydrogen) atoms. The highest BCUT2D eigenvalue weighted by molar-refractivity contribution is 5.87. The molecular formula is C12H10NO3-. The summed E-state index contributed by atoms with van der Waals surface area (Å²) in [6.07, 6.45) is 2.45. The van der Waals surface area contributed by atoms with Crippen LogP contribution in [0.25, 0.3) is 17.0 Å². The molecule has 0 saturated heterocycles. The third-order valence-electron chi connectivity index (χ3n) is 2.25. The van der Waals surface area contributed by atoms with Crippen LogP contribution < -0.4 is 9.84 Å². The minimum atomic E-state index is -1.21. The van der Waals surface area contributed by atoms with Crippen LogP contribution in [-0.2, 0) is 4.79 Å². The molecule has 4 nitrogen and oxygen atoms in total. The summed E-state index contributed by atoms with van der Waals surface area (Å²) in [6, 6.07) is 7.44. The van der Waals surface area contributed by atoms with Crippen LogP contribution in [0.3, 0.4) is 0 Å². The highest BCUT2D eigenvalue weighted by Crippen LogP contribution is 2.21.